The lowest BCUT2D eigenvalue weighted by molar-refractivity contribution is -0.142. The van der Waals surface area contributed by atoms with E-state index in [9.17, 15) is 14.4 Å². The zero-order valence-electron chi connectivity index (χ0n) is 39.1. The summed E-state index contributed by atoms with van der Waals surface area (Å²) in [6, 6.07) is 5.99. The van der Waals surface area contributed by atoms with Crippen LogP contribution in [0.5, 0.6) is 0 Å². The van der Waals surface area contributed by atoms with E-state index < -0.39 is 11.9 Å². The van der Waals surface area contributed by atoms with Crippen molar-refractivity contribution < 1.29 is 23.9 Å². The number of H-pyrrole nitrogens is 2. The van der Waals surface area contributed by atoms with Crippen LogP contribution in [0, 0.1) is 24.7 Å². The molecule has 0 saturated heterocycles. The Labute approximate surface area is 369 Å². The number of fused-ring (bicyclic) bond motifs is 8. The number of allylic oxidation sites excluding steroid dienone is 6. The zero-order chi connectivity index (χ0) is 44.8. The number of aryl methyl sites for hydroxylation is 1. The molecule has 0 aromatic carbocycles. The molecular weight excluding hydrogens is 773 g/mol. The molecule has 0 amide bonds. The van der Waals surface area contributed by atoms with Gasteiger partial charge in [-0.1, -0.05) is 105 Å². The molecule has 9 heteroatoms. The molecule has 5 atom stereocenters. The number of carbonyl (C=O) groups excluding carboxylic acids is 3. The Kier molecular flexibility index (Phi) is 15.3. The maximum absolute atomic E-state index is 13.9. The van der Waals surface area contributed by atoms with Crippen LogP contribution in [0.4, 0.5) is 0 Å². The standard InChI is InChI=1S/C53H70N4O5/c1-12-30(4)18-15-19-31(5)20-16-21-32(6)22-17-23-33(7)29-61-47(58)25-24-40-36(10)43-26-41-34(8)38(13-2)45(54-41)27-42-35(9)39(14-3)46(55-42)28-44-37(11)48-51(57-44)49(50(40)56-43)53(60)62-52(48)59/h13,23,26-28,30-32,36,40,56-57H,2,12,14-22,24-25,29H2,1,3-11H3/b33-23+,43-26?,45-27?,46-28?,50-49?. The summed E-state index contributed by atoms with van der Waals surface area (Å²) in [7, 11) is 0. The van der Waals surface area contributed by atoms with Crippen LogP contribution in [0.3, 0.4) is 0 Å². The van der Waals surface area contributed by atoms with Crippen LogP contribution in [0.15, 0.2) is 42.5 Å². The first-order valence-electron chi connectivity index (χ1n) is 23.3. The van der Waals surface area contributed by atoms with Crippen molar-refractivity contribution in [1.29, 1.82) is 0 Å². The lowest BCUT2D eigenvalue weighted by atomic mass is 9.85. The maximum Gasteiger partial charge on any atom is 0.349 e. The van der Waals surface area contributed by atoms with Gasteiger partial charge in [0.25, 0.3) is 0 Å². The third-order valence-corrected chi connectivity index (χ3v) is 14.0. The van der Waals surface area contributed by atoms with Crippen molar-refractivity contribution in [3.8, 4) is 0 Å². The Bertz CT molecular complexity index is 2370. The Hall–Kier alpha value is -5.05. The quantitative estimate of drug-likeness (QED) is 0.0819. The van der Waals surface area contributed by atoms with E-state index in [1.807, 2.05) is 45.0 Å². The second-order valence-corrected chi connectivity index (χ2v) is 18.7. The van der Waals surface area contributed by atoms with E-state index in [0.717, 1.165) is 87.4 Å². The molecular formula is C53H70N4O5. The molecule has 2 aromatic rings. The third kappa shape index (κ3) is 10.2. The monoisotopic (exact) mass is 843 g/mol. The predicted molar refractivity (Wildman–Crippen MR) is 252 cm³/mol. The Balaban J connectivity index is 1.21. The summed E-state index contributed by atoms with van der Waals surface area (Å²) in [4.78, 5) is 57.8. The van der Waals surface area contributed by atoms with E-state index in [0.29, 0.717) is 40.2 Å². The van der Waals surface area contributed by atoms with Gasteiger partial charge in [0.1, 0.15) is 12.2 Å². The van der Waals surface area contributed by atoms with Gasteiger partial charge in [0.2, 0.25) is 0 Å². The summed E-state index contributed by atoms with van der Waals surface area (Å²) in [6.45, 7) is 25.9. The van der Waals surface area contributed by atoms with Crippen LogP contribution in [0.2, 0.25) is 0 Å². The molecule has 0 radical (unpaired) electrons. The number of hydrogen-bond donors (Lipinski definition) is 2. The minimum atomic E-state index is -0.732. The van der Waals surface area contributed by atoms with Gasteiger partial charge in [-0.3, -0.25) is 4.79 Å². The van der Waals surface area contributed by atoms with Crippen molar-refractivity contribution >= 4 is 51.2 Å². The van der Waals surface area contributed by atoms with Crippen molar-refractivity contribution in [2.24, 2.45) is 17.8 Å². The van der Waals surface area contributed by atoms with E-state index in [1.54, 1.807) is 0 Å². The lowest BCUT2D eigenvalue weighted by Crippen LogP contribution is -2.21. The molecule has 62 heavy (non-hydrogen) atoms. The van der Waals surface area contributed by atoms with Crippen molar-refractivity contribution in [2.75, 3.05) is 6.61 Å². The number of hydrogen-bond acceptors (Lipinski definition) is 7. The number of carbonyl (C=O) groups is 3. The molecule has 0 saturated carbocycles. The van der Waals surface area contributed by atoms with Crippen LogP contribution >= 0.6 is 0 Å². The molecule has 0 fully saturated rings. The first-order chi connectivity index (χ1) is 29.6. The van der Waals surface area contributed by atoms with Gasteiger partial charge < -0.3 is 19.4 Å². The van der Waals surface area contributed by atoms with Crippen molar-refractivity contribution in [2.45, 2.75) is 158 Å². The average molecular weight is 843 g/mol. The van der Waals surface area contributed by atoms with Crippen LogP contribution in [0.1, 0.15) is 212 Å². The molecule has 2 aromatic heterocycles. The fourth-order valence-electron chi connectivity index (χ4n) is 9.57. The fourth-order valence-corrected chi connectivity index (χ4v) is 9.57. The number of aromatic nitrogens is 4. The summed E-state index contributed by atoms with van der Waals surface area (Å²) < 4.78 is 11.3. The number of esters is 3. The fraction of sp³-hybridized carbons (Fsp3) is 0.528. The minimum absolute atomic E-state index is 0.137. The second kappa shape index (κ2) is 20.4. The van der Waals surface area contributed by atoms with Crippen molar-refractivity contribution in [1.82, 2.24) is 19.9 Å². The van der Waals surface area contributed by atoms with Gasteiger partial charge in [0.15, 0.2) is 0 Å². The van der Waals surface area contributed by atoms with E-state index in [-0.39, 0.29) is 36.4 Å². The number of cyclic esters (lactones) is 2. The molecule has 332 valence electrons. The average Bonchev–Trinajstić information content (AvgIpc) is 3.92. The van der Waals surface area contributed by atoms with Crippen LogP contribution in [0.25, 0.3) is 33.3 Å². The Morgan fingerprint density at radius 1 is 0.855 bits per heavy atom. The zero-order valence-corrected chi connectivity index (χ0v) is 39.1. The summed E-state index contributed by atoms with van der Waals surface area (Å²) in [5.41, 5.74) is 12.1. The normalized spacial score (nSPS) is 18.5. The van der Waals surface area contributed by atoms with Gasteiger partial charge in [0, 0.05) is 40.7 Å². The first-order valence-corrected chi connectivity index (χ1v) is 23.3. The molecule has 6 rings (SSSR count). The first kappa shape index (κ1) is 46.5. The molecule has 9 nitrogen and oxygen atoms in total. The van der Waals surface area contributed by atoms with Gasteiger partial charge in [-0.25, -0.2) is 19.6 Å². The topological polar surface area (TPSA) is 127 Å². The number of aromatic amines is 2. The highest BCUT2D eigenvalue weighted by Crippen LogP contribution is 2.44. The van der Waals surface area contributed by atoms with Crippen LogP contribution in [-0.4, -0.2) is 44.5 Å². The van der Waals surface area contributed by atoms with E-state index in [2.05, 4.69) is 71.1 Å². The highest BCUT2D eigenvalue weighted by atomic mass is 16.6. The number of nitrogens with zero attached hydrogens (tertiary/aromatic N) is 2. The van der Waals surface area contributed by atoms with Crippen molar-refractivity contribution in [3.63, 3.8) is 0 Å². The Morgan fingerprint density at radius 3 is 2.18 bits per heavy atom. The third-order valence-electron chi connectivity index (χ3n) is 14.0. The molecule has 8 bridgehead atoms. The molecule has 0 aliphatic carbocycles. The highest BCUT2D eigenvalue weighted by Gasteiger charge is 2.38. The number of nitrogens with one attached hydrogen (secondary N) is 2. The van der Waals surface area contributed by atoms with Gasteiger partial charge in [-0.15, -0.1) is 0 Å². The Morgan fingerprint density at radius 2 is 1.50 bits per heavy atom. The highest BCUT2D eigenvalue weighted by molar-refractivity contribution is 6.18. The minimum Gasteiger partial charge on any atom is -0.461 e. The maximum atomic E-state index is 13.9. The number of ether oxygens (including phenoxy) is 2. The second-order valence-electron chi connectivity index (χ2n) is 18.7. The SMILES string of the molecule is C=CC1=C(C)c2cc3[nH]c(c4c5[nH]c(cc6nc(cc1n2)C(C)=C6CC)c(C)c5C(=O)OC4=O)C(CCC(=O)OC/C(C)=C/CCC(C)CCCC(C)CCCC(C)CC)C3C. The molecule has 4 aliphatic heterocycles. The molecule has 6 heterocycles. The van der Waals surface area contributed by atoms with Gasteiger partial charge in [-0.05, 0) is 117 Å². The van der Waals surface area contributed by atoms with E-state index >= 15 is 0 Å². The summed E-state index contributed by atoms with van der Waals surface area (Å²) in [5, 5.41) is 0. The van der Waals surface area contributed by atoms with E-state index in [1.165, 1.54) is 44.9 Å². The van der Waals surface area contributed by atoms with Gasteiger partial charge >= 0.3 is 17.9 Å². The molecule has 2 N–H and O–H groups in total. The van der Waals surface area contributed by atoms with Crippen molar-refractivity contribution in [3.05, 3.63) is 93.4 Å². The smallest absolute Gasteiger partial charge is 0.349 e. The van der Waals surface area contributed by atoms with Gasteiger partial charge in [0.05, 0.1) is 33.9 Å². The van der Waals surface area contributed by atoms with Crippen LogP contribution in [-0.2, 0) is 14.3 Å². The lowest BCUT2D eigenvalue weighted by Gasteiger charge is -2.19. The molecule has 5 unspecified atom stereocenters. The van der Waals surface area contributed by atoms with Gasteiger partial charge in [-0.2, -0.15) is 0 Å². The molecule has 0 spiro atoms. The predicted octanol–water partition coefficient (Wildman–Crippen LogP) is 13.7. The summed E-state index contributed by atoms with van der Waals surface area (Å²) in [6.07, 6.45) is 16.6. The molecule has 4 aliphatic rings. The number of rotatable bonds is 19. The summed E-state index contributed by atoms with van der Waals surface area (Å²) in [5.74, 6) is 0.170. The largest absolute Gasteiger partial charge is 0.461 e. The summed E-state index contributed by atoms with van der Waals surface area (Å²) >= 11 is 0. The van der Waals surface area contributed by atoms with Crippen LogP contribution < -0.4 is 0 Å². The van der Waals surface area contributed by atoms with E-state index in [4.69, 9.17) is 19.4 Å².